The van der Waals surface area contributed by atoms with Crippen LogP contribution in [-0.2, 0) is 4.79 Å². The second-order valence-electron chi connectivity index (χ2n) is 5.61. The lowest BCUT2D eigenvalue weighted by Gasteiger charge is -2.06. The molecule has 0 saturated heterocycles. The Morgan fingerprint density at radius 2 is 2.04 bits per heavy atom. The van der Waals surface area contributed by atoms with Crippen molar-refractivity contribution < 1.29 is 19.8 Å². The second-order valence-corrected chi connectivity index (χ2v) is 5.61. The Labute approximate surface area is 160 Å². The predicted molar refractivity (Wildman–Crippen MR) is 103 cm³/mol. The summed E-state index contributed by atoms with van der Waals surface area (Å²) in [6.45, 7) is 1.50. The quantitative estimate of drug-likeness (QED) is 0.335. The number of carboxylic acids is 1. The lowest BCUT2D eigenvalue weighted by molar-refractivity contribution is -0.134. The van der Waals surface area contributed by atoms with Crippen LogP contribution in [0.4, 0.5) is 17.5 Å². The lowest BCUT2D eigenvalue weighted by atomic mass is 10.1. The summed E-state index contributed by atoms with van der Waals surface area (Å²) >= 11 is 0. The average Bonchev–Trinajstić information content (AvgIpc) is 3.05. The van der Waals surface area contributed by atoms with Crippen LogP contribution >= 0.6 is 0 Å². The van der Waals surface area contributed by atoms with Crippen molar-refractivity contribution in [1.29, 1.82) is 0 Å². The van der Waals surface area contributed by atoms with Gasteiger partial charge < -0.3 is 26.6 Å². The van der Waals surface area contributed by atoms with Crippen LogP contribution in [0, 0.1) is 0 Å². The molecule has 3 rings (SSSR count). The maximum atomic E-state index is 12.2. The first-order valence-corrected chi connectivity index (χ1v) is 8.33. The molecule has 7 N–H and O–H groups in total. The summed E-state index contributed by atoms with van der Waals surface area (Å²) in [6, 6.07) is 7.16. The Morgan fingerprint density at radius 3 is 2.71 bits per heavy atom. The largest absolute Gasteiger partial charge is 0.481 e. The number of fused-ring (bicyclic) bond motifs is 1. The highest BCUT2D eigenvalue weighted by molar-refractivity contribution is 6.05. The van der Waals surface area contributed by atoms with Gasteiger partial charge >= 0.3 is 0 Å². The van der Waals surface area contributed by atoms with Crippen LogP contribution in [0.1, 0.15) is 23.8 Å². The summed E-state index contributed by atoms with van der Waals surface area (Å²) < 4.78 is 0. The molecular weight excluding hydrogens is 366 g/mol. The van der Waals surface area contributed by atoms with Gasteiger partial charge in [-0.05, 0) is 30.7 Å². The number of nitrogens with zero attached hydrogens (tertiary/aromatic N) is 3. The number of H-pyrrole nitrogens is 1. The molecule has 2 aromatic heterocycles. The van der Waals surface area contributed by atoms with Crippen LogP contribution in [0.5, 0.6) is 0 Å². The lowest BCUT2D eigenvalue weighted by Crippen LogP contribution is -2.25. The Morgan fingerprint density at radius 1 is 1.29 bits per heavy atom. The number of aliphatic hydroxyl groups excluding tert-OH is 1. The maximum absolute atomic E-state index is 12.2. The fraction of sp³-hybridized carbons (Fsp3) is 0.235. The van der Waals surface area contributed by atoms with Crippen LogP contribution in [0.2, 0.25) is 0 Å². The van der Waals surface area contributed by atoms with Gasteiger partial charge in [-0.3, -0.25) is 14.7 Å². The molecule has 0 saturated carbocycles. The first-order chi connectivity index (χ1) is 13.4. The third-order valence-corrected chi connectivity index (χ3v) is 3.34. The van der Waals surface area contributed by atoms with E-state index in [-0.39, 0.29) is 18.5 Å². The van der Waals surface area contributed by atoms with Gasteiger partial charge in [0, 0.05) is 37.3 Å². The van der Waals surface area contributed by atoms with E-state index >= 15 is 0 Å². The number of aliphatic carboxylic acids is 1. The number of aliphatic hydroxyl groups is 1. The molecule has 0 aliphatic heterocycles. The normalized spacial score (nSPS) is 10.1. The number of carbonyl (C=O) groups excluding carboxylic acids is 1. The van der Waals surface area contributed by atoms with Crippen molar-refractivity contribution >= 4 is 40.2 Å². The average molecular weight is 387 g/mol. The zero-order valence-corrected chi connectivity index (χ0v) is 15.1. The summed E-state index contributed by atoms with van der Waals surface area (Å²) in [6.07, 6.45) is 2.05. The van der Waals surface area contributed by atoms with E-state index in [9.17, 15) is 4.79 Å². The number of carbonyl (C=O) groups is 2. The Balaban J connectivity index is 0.000000640. The van der Waals surface area contributed by atoms with Gasteiger partial charge in [0.15, 0.2) is 5.69 Å². The number of rotatable bonds is 6. The predicted octanol–water partition coefficient (Wildman–Crippen LogP) is 0.882. The number of amides is 1. The van der Waals surface area contributed by atoms with Gasteiger partial charge in [0.1, 0.15) is 5.82 Å². The Hall–Kier alpha value is -3.73. The minimum atomic E-state index is -0.833. The minimum Gasteiger partial charge on any atom is -0.481 e. The van der Waals surface area contributed by atoms with E-state index < -0.39 is 5.97 Å². The zero-order chi connectivity index (χ0) is 20.5. The monoisotopic (exact) mass is 387 g/mol. The molecule has 0 radical (unpaired) electrons. The summed E-state index contributed by atoms with van der Waals surface area (Å²) in [7, 11) is 0. The molecule has 11 nitrogen and oxygen atoms in total. The zero-order valence-electron chi connectivity index (χ0n) is 15.1. The van der Waals surface area contributed by atoms with E-state index in [0.717, 1.165) is 18.1 Å². The molecule has 0 atom stereocenters. The van der Waals surface area contributed by atoms with Gasteiger partial charge in [-0.1, -0.05) is 0 Å². The molecule has 1 amide bonds. The fourth-order valence-corrected chi connectivity index (χ4v) is 2.22. The van der Waals surface area contributed by atoms with Crippen molar-refractivity contribution in [1.82, 2.24) is 25.5 Å². The molecule has 0 unspecified atom stereocenters. The third-order valence-electron chi connectivity index (χ3n) is 3.34. The number of aromatic amines is 1. The number of nitrogen functional groups attached to an aromatic ring is 1. The van der Waals surface area contributed by atoms with Crippen molar-refractivity contribution in [3.63, 3.8) is 0 Å². The van der Waals surface area contributed by atoms with Crippen LogP contribution < -0.4 is 16.4 Å². The molecule has 3 aromatic rings. The summed E-state index contributed by atoms with van der Waals surface area (Å²) in [5, 5.41) is 29.6. The number of anilines is 3. The summed E-state index contributed by atoms with van der Waals surface area (Å²) in [5.74, 6) is -0.397. The molecule has 28 heavy (non-hydrogen) atoms. The van der Waals surface area contributed by atoms with Gasteiger partial charge in [0.05, 0.1) is 5.52 Å². The van der Waals surface area contributed by atoms with Crippen LogP contribution in [0.25, 0.3) is 10.9 Å². The van der Waals surface area contributed by atoms with E-state index in [0.29, 0.717) is 29.9 Å². The molecule has 0 aliphatic rings. The number of nitrogens with one attached hydrogen (secondary N) is 3. The molecule has 0 bridgehead atoms. The number of benzene rings is 1. The van der Waals surface area contributed by atoms with Crippen molar-refractivity contribution in [2.24, 2.45) is 0 Å². The minimum absolute atomic E-state index is 0.0255. The molecule has 2 heterocycles. The van der Waals surface area contributed by atoms with Crippen molar-refractivity contribution in [3.05, 3.63) is 36.2 Å². The number of aromatic nitrogens is 4. The molecule has 0 fully saturated rings. The summed E-state index contributed by atoms with van der Waals surface area (Å²) in [4.78, 5) is 29.1. The number of nitrogens with two attached hydrogens (primary N) is 1. The maximum Gasteiger partial charge on any atom is 0.300 e. The highest BCUT2D eigenvalue weighted by Crippen LogP contribution is 2.23. The van der Waals surface area contributed by atoms with Crippen molar-refractivity contribution in [2.75, 3.05) is 24.2 Å². The van der Waals surface area contributed by atoms with Gasteiger partial charge in [0.25, 0.3) is 11.9 Å². The van der Waals surface area contributed by atoms with E-state index in [4.69, 9.17) is 20.7 Å². The van der Waals surface area contributed by atoms with E-state index in [1.807, 2.05) is 12.1 Å². The first-order valence-electron chi connectivity index (χ1n) is 8.33. The van der Waals surface area contributed by atoms with E-state index in [1.165, 1.54) is 0 Å². The highest BCUT2D eigenvalue weighted by atomic mass is 16.4. The highest BCUT2D eigenvalue weighted by Gasteiger charge is 2.14. The van der Waals surface area contributed by atoms with Crippen LogP contribution in [0.3, 0.4) is 0 Å². The van der Waals surface area contributed by atoms with Gasteiger partial charge in [-0.15, -0.1) is 0 Å². The smallest absolute Gasteiger partial charge is 0.300 e. The Bertz CT molecular complexity index is 954. The fourth-order valence-electron chi connectivity index (χ4n) is 2.22. The number of hydrogen-bond donors (Lipinski definition) is 6. The van der Waals surface area contributed by atoms with Crippen LogP contribution in [0.15, 0.2) is 30.5 Å². The van der Waals surface area contributed by atoms with Gasteiger partial charge in [-0.25, -0.2) is 4.98 Å². The first kappa shape index (κ1) is 20.6. The SMILES string of the molecule is CC(=O)O.Nc1nccc(Nc2ccc3[nH]nc(C(=O)NCCCO)c3c2)n1. The third kappa shape index (κ3) is 5.92. The summed E-state index contributed by atoms with van der Waals surface area (Å²) in [5.41, 5.74) is 7.35. The molecule has 148 valence electrons. The van der Waals surface area contributed by atoms with Crippen LogP contribution in [-0.4, -0.2) is 55.4 Å². The molecule has 11 heteroatoms. The van der Waals surface area contributed by atoms with E-state index in [1.54, 1.807) is 18.3 Å². The van der Waals surface area contributed by atoms with Gasteiger partial charge in [-0.2, -0.15) is 10.1 Å². The number of carboxylic acid groups (broad SMARTS) is 1. The number of hydrogen-bond acceptors (Lipinski definition) is 8. The van der Waals surface area contributed by atoms with E-state index in [2.05, 4.69) is 30.8 Å². The second kappa shape index (κ2) is 9.83. The molecular formula is C17H21N7O4. The topological polar surface area (TPSA) is 179 Å². The van der Waals surface area contributed by atoms with Crippen molar-refractivity contribution in [2.45, 2.75) is 13.3 Å². The molecule has 1 aromatic carbocycles. The Kier molecular flexibility index (Phi) is 7.22. The standard InChI is InChI=1S/C15H17N7O2.C2H4O2/c16-15-18-6-4-12(20-15)19-9-2-3-11-10(8-9)13(22-21-11)14(24)17-5-1-7-23;1-2(3)4/h2-4,6,8,23H,1,5,7H2,(H,17,24)(H,21,22)(H3,16,18,19,20);1H3,(H,3,4). The van der Waals surface area contributed by atoms with Crippen molar-refractivity contribution in [3.8, 4) is 0 Å². The van der Waals surface area contributed by atoms with Gasteiger partial charge in [0.2, 0.25) is 5.95 Å². The molecule has 0 aliphatic carbocycles. The molecule has 0 spiro atoms.